The van der Waals surface area contributed by atoms with Crippen molar-refractivity contribution in [1.29, 1.82) is 0 Å². The summed E-state index contributed by atoms with van der Waals surface area (Å²) < 4.78 is 16.7. The highest BCUT2D eigenvalue weighted by atomic mass is 16.6. The third-order valence-electron chi connectivity index (χ3n) is 4.74. The molecule has 0 fully saturated rings. The molecule has 0 saturated heterocycles. The fourth-order valence-electron chi connectivity index (χ4n) is 3.06. The highest BCUT2D eigenvalue weighted by Crippen LogP contribution is 2.29. The maximum absolute atomic E-state index is 12.6. The summed E-state index contributed by atoms with van der Waals surface area (Å²) in [5, 5.41) is 20.2. The number of carbonyl (C=O) groups excluding carboxylic acids is 2. The molecule has 0 aliphatic carbocycles. The summed E-state index contributed by atoms with van der Waals surface area (Å²) in [6.45, 7) is 2.03. The number of methoxy groups -OCH3 is 1. The number of carbonyl (C=O) groups is 2. The molecule has 4 N–H and O–H groups in total. The van der Waals surface area contributed by atoms with Gasteiger partial charge >= 0.3 is 6.09 Å². The zero-order chi connectivity index (χ0) is 24.1. The Morgan fingerprint density at radius 1 is 1.09 bits per heavy atom. The van der Waals surface area contributed by atoms with E-state index in [1.54, 1.807) is 42.5 Å². The molecule has 33 heavy (non-hydrogen) atoms. The molecule has 2 rings (SSSR count). The largest absolute Gasteiger partial charge is 0.491 e. The van der Waals surface area contributed by atoms with Crippen LogP contribution in [0.25, 0.3) is 0 Å². The van der Waals surface area contributed by atoms with Crippen LogP contribution in [0.5, 0.6) is 5.75 Å². The average molecular weight is 459 g/mol. The summed E-state index contributed by atoms with van der Waals surface area (Å²) >= 11 is 0. The van der Waals surface area contributed by atoms with Crippen LogP contribution in [0.4, 0.5) is 10.5 Å². The molecule has 0 saturated carbocycles. The minimum Gasteiger partial charge on any atom is -0.491 e. The highest BCUT2D eigenvalue weighted by Gasteiger charge is 2.27. The van der Waals surface area contributed by atoms with Crippen molar-refractivity contribution in [3.8, 4) is 5.75 Å². The zero-order valence-electron chi connectivity index (χ0n) is 18.7. The lowest BCUT2D eigenvalue weighted by Crippen LogP contribution is -2.28. The summed E-state index contributed by atoms with van der Waals surface area (Å²) in [5.74, 6) is -0.0599. The van der Waals surface area contributed by atoms with Gasteiger partial charge in [-0.25, -0.2) is 10.3 Å². The van der Waals surface area contributed by atoms with E-state index in [2.05, 4.69) is 5.32 Å². The van der Waals surface area contributed by atoms with Crippen molar-refractivity contribution in [1.82, 2.24) is 5.48 Å². The van der Waals surface area contributed by atoms with E-state index in [-0.39, 0.29) is 13.2 Å². The molecule has 0 aliphatic heterocycles. The second-order valence-corrected chi connectivity index (χ2v) is 7.19. The van der Waals surface area contributed by atoms with E-state index in [4.69, 9.17) is 24.5 Å². The first-order valence-electron chi connectivity index (χ1n) is 10.5. The number of allylic oxidation sites excluding steroid dienone is 1. The van der Waals surface area contributed by atoms with Gasteiger partial charge in [-0.2, -0.15) is 0 Å². The maximum Gasteiger partial charge on any atom is 0.412 e. The molecule has 0 radical (unpaired) electrons. The molecular weight excluding hydrogens is 428 g/mol. The van der Waals surface area contributed by atoms with E-state index in [1.165, 1.54) is 18.7 Å². The average Bonchev–Trinajstić information content (AvgIpc) is 2.83. The van der Waals surface area contributed by atoms with Crippen LogP contribution in [0.1, 0.15) is 30.1 Å². The molecule has 2 aromatic carbocycles. The van der Waals surface area contributed by atoms with Gasteiger partial charge in [-0.15, -0.1) is 0 Å². The topological polar surface area (TPSA) is 126 Å². The number of hydroxylamine groups is 1. The number of anilines is 1. The van der Waals surface area contributed by atoms with Gasteiger partial charge in [0.1, 0.15) is 12.4 Å². The standard InChI is InChI=1S/C24H30N2O7/c1-17-7-11-19(12-8-17)25-24(29)33-23(18-9-13-20(14-10-18)32-16-15-27)21(31-2)5-3-4-6-22(28)26-30/h4,6-14,21,23,27,30H,3,5,15-16H2,1-2H3,(H,25,29)(H,26,28)/b6-4+/t21-,23-/m1/s1. The van der Waals surface area contributed by atoms with Crippen LogP contribution < -0.4 is 15.5 Å². The van der Waals surface area contributed by atoms with Crippen LogP contribution in [-0.2, 0) is 14.3 Å². The summed E-state index contributed by atoms with van der Waals surface area (Å²) in [6.07, 6.45) is 1.79. The Morgan fingerprint density at radius 3 is 2.39 bits per heavy atom. The van der Waals surface area contributed by atoms with E-state index < -0.39 is 24.2 Å². The SMILES string of the molecule is CO[C@H](CC/C=C/C(=O)NO)[C@H](OC(=O)Nc1ccc(C)cc1)c1ccc(OCCO)cc1. The molecule has 0 unspecified atom stereocenters. The molecule has 9 heteroatoms. The Kier molecular flexibility index (Phi) is 10.9. The molecule has 2 aromatic rings. The molecule has 0 aromatic heterocycles. The maximum atomic E-state index is 12.6. The van der Waals surface area contributed by atoms with Crippen molar-refractivity contribution in [3.63, 3.8) is 0 Å². The van der Waals surface area contributed by atoms with Crippen LogP contribution in [-0.4, -0.2) is 48.7 Å². The molecule has 0 bridgehead atoms. The monoisotopic (exact) mass is 458 g/mol. The number of hydrogen-bond donors (Lipinski definition) is 4. The third kappa shape index (κ3) is 8.93. The minimum absolute atomic E-state index is 0.0970. The van der Waals surface area contributed by atoms with E-state index in [9.17, 15) is 9.59 Å². The smallest absolute Gasteiger partial charge is 0.412 e. The highest BCUT2D eigenvalue weighted by molar-refractivity contribution is 5.86. The summed E-state index contributed by atoms with van der Waals surface area (Å²) in [5.41, 5.74) is 3.88. The number of ether oxygens (including phenoxy) is 3. The van der Waals surface area contributed by atoms with Crippen molar-refractivity contribution >= 4 is 17.7 Å². The Morgan fingerprint density at radius 2 is 1.79 bits per heavy atom. The molecule has 0 spiro atoms. The van der Waals surface area contributed by atoms with Gasteiger partial charge in [0, 0.05) is 18.9 Å². The molecular formula is C24H30N2O7. The van der Waals surface area contributed by atoms with E-state index in [0.29, 0.717) is 29.8 Å². The quantitative estimate of drug-likeness (QED) is 0.218. The minimum atomic E-state index is -0.743. The number of amides is 2. The van der Waals surface area contributed by atoms with Gasteiger partial charge in [0.25, 0.3) is 5.91 Å². The van der Waals surface area contributed by atoms with Crippen molar-refractivity contribution in [2.45, 2.75) is 32.0 Å². The van der Waals surface area contributed by atoms with Crippen molar-refractivity contribution in [3.05, 3.63) is 71.8 Å². The van der Waals surface area contributed by atoms with Crippen molar-refractivity contribution < 1.29 is 34.1 Å². The molecule has 2 atom stereocenters. The first-order valence-corrected chi connectivity index (χ1v) is 10.5. The lowest BCUT2D eigenvalue weighted by atomic mass is 10.00. The van der Waals surface area contributed by atoms with Crippen LogP contribution in [0.2, 0.25) is 0 Å². The second kappa shape index (κ2) is 13.9. The van der Waals surface area contributed by atoms with Crippen molar-refractivity contribution in [2.24, 2.45) is 0 Å². The summed E-state index contributed by atoms with van der Waals surface area (Å²) in [6, 6.07) is 14.3. The molecule has 2 amide bonds. The van der Waals surface area contributed by atoms with Gasteiger partial charge in [0.05, 0.1) is 12.7 Å². The number of aliphatic hydroxyl groups is 1. The lowest BCUT2D eigenvalue weighted by Gasteiger charge is -2.26. The number of nitrogens with one attached hydrogen (secondary N) is 2. The zero-order valence-corrected chi connectivity index (χ0v) is 18.7. The van der Waals surface area contributed by atoms with Crippen LogP contribution in [0, 0.1) is 6.92 Å². The number of hydrogen-bond acceptors (Lipinski definition) is 7. The van der Waals surface area contributed by atoms with Crippen LogP contribution in [0.15, 0.2) is 60.7 Å². The van der Waals surface area contributed by atoms with Gasteiger partial charge in [0.2, 0.25) is 0 Å². The normalized spacial score (nSPS) is 12.7. The Labute approximate surface area is 192 Å². The summed E-state index contributed by atoms with van der Waals surface area (Å²) in [4.78, 5) is 23.8. The van der Waals surface area contributed by atoms with Gasteiger partial charge < -0.3 is 19.3 Å². The van der Waals surface area contributed by atoms with Crippen LogP contribution in [0.3, 0.4) is 0 Å². The summed E-state index contributed by atoms with van der Waals surface area (Å²) in [7, 11) is 1.52. The van der Waals surface area contributed by atoms with Gasteiger partial charge in [-0.1, -0.05) is 35.9 Å². The third-order valence-corrected chi connectivity index (χ3v) is 4.74. The second-order valence-electron chi connectivity index (χ2n) is 7.19. The number of benzene rings is 2. The molecule has 0 aliphatic rings. The fraction of sp³-hybridized carbons (Fsp3) is 0.333. The predicted molar refractivity (Wildman–Crippen MR) is 122 cm³/mol. The number of aliphatic hydroxyl groups excluding tert-OH is 1. The van der Waals surface area contributed by atoms with Crippen molar-refractivity contribution in [2.75, 3.05) is 25.6 Å². The first kappa shape index (κ1) is 25.9. The first-order chi connectivity index (χ1) is 16.0. The number of rotatable bonds is 12. The van der Waals surface area contributed by atoms with E-state index in [0.717, 1.165) is 5.56 Å². The van der Waals surface area contributed by atoms with E-state index >= 15 is 0 Å². The lowest BCUT2D eigenvalue weighted by molar-refractivity contribution is -0.124. The van der Waals surface area contributed by atoms with E-state index in [1.807, 2.05) is 19.1 Å². The van der Waals surface area contributed by atoms with Gasteiger partial charge in [0.15, 0.2) is 6.10 Å². The Hall–Kier alpha value is -3.40. The molecule has 178 valence electrons. The Bertz CT molecular complexity index is 898. The van der Waals surface area contributed by atoms with Gasteiger partial charge in [-0.05, 0) is 49.6 Å². The Balaban J connectivity index is 2.16. The molecule has 9 nitrogen and oxygen atoms in total. The van der Waals surface area contributed by atoms with Gasteiger partial charge in [-0.3, -0.25) is 15.3 Å². The van der Waals surface area contributed by atoms with Crippen LogP contribution >= 0.6 is 0 Å². The number of aryl methyl sites for hydroxylation is 1. The molecule has 0 heterocycles. The predicted octanol–water partition coefficient (Wildman–Crippen LogP) is 3.51. The fourth-order valence-corrected chi connectivity index (χ4v) is 3.06.